The Morgan fingerprint density at radius 2 is 2.22 bits per heavy atom. The lowest BCUT2D eigenvalue weighted by Crippen LogP contribution is -2.05. The number of nitro groups is 1. The van der Waals surface area contributed by atoms with Crippen molar-refractivity contribution < 1.29 is 4.92 Å². The third-order valence-electron chi connectivity index (χ3n) is 2.61. The van der Waals surface area contributed by atoms with Gasteiger partial charge in [0.2, 0.25) is 0 Å². The zero-order valence-corrected chi connectivity index (χ0v) is 10.7. The van der Waals surface area contributed by atoms with Crippen molar-refractivity contribution >= 4 is 21.5 Å². The summed E-state index contributed by atoms with van der Waals surface area (Å²) in [6, 6.07) is 8.18. The highest BCUT2D eigenvalue weighted by Gasteiger charge is 2.10. The SMILES string of the molecule is Cc1ccccc1CCNc1ncc([N+](=O)[O-])s1. The first-order chi connectivity index (χ1) is 8.66. The third kappa shape index (κ3) is 3.04. The molecule has 0 atom stereocenters. The van der Waals surface area contributed by atoms with Gasteiger partial charge in [0.15, 0.2) is 5.13 Å². The number of aromatic nitrogens is 1. The van der Waals surface area contributed by atoms with Crippen molar-refractivity contribution in [1.29, 1.82) is 0 Å². The Labute approximate surface area is 109 Å². The highest BCUT2D eigenvalue weighted by Crippen LogP contribution is 2.24. The van der Waals surface area contributed by atoms with Crippen molar-refractivity contribution in [2.45, 2.75) is 13.3 Å². The number of aryl methyl sites for hydroxylation is 1. The molecular formula is C12H13N3O2S. The fourth-order valence-electron chi connectivity index (χ4n) is 1.63. The fourth-order valence-corrected chi connectivity index (χ4v) is 2.28. The van der Waals surface area contributed by atoms with Crippen LogP contribution in [0.25, 0.3) is 0 Å². The molecule has 18 heavy (non-hydrogen) atoms. The van der Waals surface area contributed by atoms with E-state index in [2.05, 4.69) is 29.4 Å². The summed E-state index contributed by atoms with van der Waals surface area (Å²) in [6.07, 6.45) is 2.15. The van der Waals surface area contributed by atoms with Gasteiger partial charge in [-0.05, 0) is 35.8 Å². The van der Waals surface area contributed by atoms with Crippen molar-refractivity contribution in [1.82, 2.24) is 4.98 Å². The molecular weight excluding hydrogens is 250 g/mol. The second kappa shape index (κ2) is 5.59. The van der Waals surface area contributed by atoms with Crippen molar-refractivity contribution in [2.75, 3.05) is 11.9 Å². The third-order valence-corrected chi connectivity index (χ3v) is 3.51. The van der Waals surface area contributed by atoms with Crippen LogP contribution in [0, 0.1) is 17.0 Å². The number of thiazole rings is 1. The van der Waals surface area contributed by atoms with Gasteiger partial charge in [0.05, 0.1) is 4.92 Å². The quantitative estimate of drug-likeness (QED) is 0.665. The number of benzene rings is 1. The van der Waals surface area contributed by atoms with Crippen LogP contribution in [-0.4, -0.2) is 16.5 Å². The van der Waals surface area contributed by atoms with E-state index in [-0.39, 0.29) is 5.00 Å². The molecule has 1 aromatic heterocycles. The predicted octanol–water partition coefficient (Wildman–Crippen LogP) is 3.01. The first-order valence-electron chi connectivity index (χ1n) is 5.55. The minimum atomic E-state index is -0.426. The van der Waals surface area contributed by atoms with Gasteiger partial charge in [-0.3, -0.25) is 10.1 Å². The Morgan fingerprint density at radius 3 is 2.89 bits per heavy atom. The molecule has 2 rings (SSSR count). The molecule has 0 spiro atoms. The molecule has 0 aliphatic carbocycles. The van der Waals surface area contributed by atoms with E-state index >= 15 is 0 Å². The summed E-state index contributed by atoms with van der Waals surface area (Å²) in [5.74, 6) is 0. The molecule has 0 unspecified atom stereocenters. The molecule has 6 heteroatoms. The fraction of sp³-hybridized carbons (Fsp3) is 0.250. The molecule has 0 amide bonds. The summed E-state index contributed by atoms with van der Waals surface area (Å²) in [6.45, 7) is 2.79. The normalized spacial score (nSPS) is 10.3. The van der Waals surface area contributed by atoms with Gasteiger partial charge < -0.3 is 5.32 Å². The standard InChI is InChI=1S/C12H13N3O2S/c1-9-4-2-3-5-10(9)6-7-13-12-14-8-11(18-12)15(16)17/h2-5,8H,6-7H2,1H3,(H,13,14). The monoisotopic (exact) mass is 263 g/mol. The highest BCUT2D eigenvalue weighted by atomic mass is 32.1. The first kappa shape index (κ1) is 12.5. The molecule has 0 bridgehead atoms. The average molecular weight is 263 g/mol. The summed E-state index contributed by atoms with van der Waals surface area (Å²) in [5, 5.41) is 14.3. The summed E-state index contributed by atoms with van der Waals surface area (Å²) < 4.78 is 0. The molecule has 5 nitrogen and oxygen atoms in total. The summed E-state index contributed by atoms with van der Waals surface area (Å²) >= 11 is 1.06. The van der Waals surface area contributed by atoms with E-state index in [1.807, 2.05) is 12.1 Å². The minimum Gasteiger partial charge on any atom is -0.361 e. The molecule has 0 radical (unpaired) electrons. The van der Waals surface area contributed by atoms with Gasteiger partial charge in [-0.2, -0.15) is 0 Å². The molecule has 0 aliphatic rings. The Morgan fingerprint density at radius 1 is 1.44 bits per heavy atom. The zero-order chi connectivity index (χ0) is 13.0. The molecule has 94 valence electrons. The van der Waals surface area contributed by atoms with Crippen LogP contribution in [0.4, 0.5) is 10.1 Å². The maximum Gasteiger partial charge on any atom is 0.345 e. The minimum absolute atomic E-state index is 0.0633. The number of hydrogen-bond acceptors (Lipinski definition) is 5. The van der Waals surface area contributed by atoms with E-state index in [0.29, 0.717) is 5.13 Å². The van der Waals surface area contributed by atoms with E-state index in [4.69, 9.17) is 0 Å². The van der Waals surface area contributed by atoms with Gasteiger partial charge in [-0.1, -0.05) is 24.3 Å². The molecule has 0 aliphatic heterocycles. The average Bonchev–Trinajstić information content (AvgIpc) is 2.80. The lowest BCUT2D eigenvalue weighted by molar-refractivity contribution is -0.380. The van der Waals surface area contributed by atoms with Crippen LogP contribution in [0.3, 0.4) is 0 Å². The van der Waals surface area contributed by atoms with E-state index < -0.39 is 4.92 Å². The Kier molecular flexibility index (Phi) is 3.88. The van der Waals surface area contributed by atoms with Gasteiger partial charge in [-0.15, -0.1) is 0 Å². The van der Waals surface area contributed by atoms with Gasteiger partial charge in [-0.25, -0.2) is 4.98 Å². The van der Waals surface area contributed by atoms with Crippen LogP contribution >= 0.6 is 11.3 Å². The van der Waals surface area contributed by atoms with Crippen LogP contribution in [0.2, 0.25) is 0 Å². The van der Waals surface area contributed by atoms with Crippen LogP contribution in [0.1, 0.15) is 11.1 Å². The van der Waals surface area contributed by atoms with Crippen molar-refractivity contribution in [3.8, 4) is 0 Å². The van der Waals surface area contributed by atoms with Crippen molar-refractivity contribution in [2.24, 2.45) is 0 Å². The molecule has 1 aromatic carbocycles. The lowest BCUT2D eigenvalue weighted by Gasteiger charge is -2.05. The summed E-state index contributed by atoms with van der Waals surface area (Å²) in [4.78, 5) is 14.0. The summed E-state index contributed by atoms with van der Waals surface area (Å²) in [7, 11) is 0. The second-order valence-electron chi connectivity index (χ2n) is 3.86. The van der Waals surface area contributed by atoms with Gasteiger partial charge >= 0.3 is 5.00 Å². The molecule has 0 fully saturated rings. The topological polar surface area (TPSA) is 68.1 Å². The van der Waals surface area contributed by atoms with E-state index in [1.165, 1.54) is 17.3 Å². The Bertz CT molecular complexity index is 554. The maximum atomic E-state index is 10.5. The van der Waals surface area contributed by atoms with E-state index in [9.17, 15) is 10.1 Å². The lowest BCUT2D eigenvalue weighted by atomic mass is 10.1. The molecule has 0 saturated heterocycles. The number of hydrogen-bond donors (Lipinski definition) is 1. The maximum absolute atomic E-state index is 10.5. The van der Waals surface area contributed by atoms with Crippen LogP contribution in [0.5, 0.6) is 0 Å². The largest absolute Gasteiger partial charge is 0.361 e. The van der Waals surface area contributed by atoms with Gasteiger partial charge in [0.25, 0.3) is 0 Å². The zero-order valence-electron chi connectivity index (χ0n) is 9.92. The number of nitrogens with zero attached hydrogens (tertiary/aromatic N) is 2. The van der Waals surface area contributed by atoms with Crippen LogP contribution in [-0.2, 0) is 6.42 Å². The van der Waals surface area contributed by atoms with Crippen molar-refractivity contribution in [3.63, 3.8) is 0 Å². The Hall–Kier alpha value is -1.95. The summed E-state index contributed by atoms with van der Waals surface area (Å²) in [5.41, 5.74) is 2.53. The Balaban J connectivity index is 1.88. The first-order valence-corrected chi connectivity index (χ1v) is 6.37. The van der Waals surface area contributed by atoms with Crippen LogP contribution in [0.15, 0.2) is 30.5 Å². The predicted molar refractivity (Wildman–Crippen MR) is 72.1 cm³/mol. The molecule has 1 heterocycles. The molecule has 2 aromatic rings. The van der Waals surface area contributed by atoms with Crippen molar-refractivity contribution in [3.05, 3.63) is 51.7 Å². The molecule has 0 saturated carbocycles. The van der Waals surface area contributed by atoms with E-state index in [1.54, 1.807) is 0 Å². The number of anilines is 1. The van der Waals surface area contributed by atoms with Gasteiger partial charge in [0, 0.05) is 6.54 Å². The number of nitrogens with one attached hydrogen (secondary N) is 1. The van der Waals surface area contributed by atoms with Gasteiger partial charge in [0.1, 0.15) is 6.20 Å². The molecule has 1 N–H and O–H groups in total. The highest BCUT2D eigenvalue weighted by molar-refractivity contribution is 7.18. The van der Waals surface area contributed by atoms with Crippen LogP contribution < -0.4 is 5.32 Å². The van der Waals surface area contributed by atoms with E-state index in [0.717, 1.165) is 24.3 Å². The second-order valence-corrected chi connectivity index (χ2v) is 4.87. The number of rotatable bonds is 5. The smallest absolute Gasteiger partial charge is 0.345 e.